The summed E-state index contributed by atoms with van der Waals surface area (Å²) in [7, 11) is 1.59. The largest absolute Gasteiger partial charge is 0.380 e. The van der Waals surface area contributed by atoms with E-state index in [9.17, 15) is 4.39 Å². The third-order valence-electron chi connectivity index (χ3n) is 2.02. The van der Waals surface area contributed by atoms with Gasteiger partial charge in [0.25, 0.3) is 0 Å². The lowest BCUT2D eigenvalue weighted by molar-refractivity contribution is 0.184. The highest BCUT2D eigenvalue weighted by Gasteiger charge is 2.10. The molecular weight excluding hydrogens is 217 g/mol. The van der Waals surface area contributed by atoms with Crippen LogP contribution in [0.1, 0.15) is 18.1 Å². The highest BCUT2D eigenvalue weighted by Crippen LogP contribution is 2.22. The Morgan fingerprint density at radius 2 is 2.20 bits per heavy atom. The zero-order valence-electron chi connectivity index (χ0n) is 8.89. The summed E-state index contributed by atoms with van der Waals surface area (Å²) in [6, 6.07) is 3.23. The Morgan fingerprint density at radius 3 is 2.73 bits per heavy atom. The second-order valence-electron chi connectivity index (χ2n) is 3.67. The number of rotatable bonds is 4. The molecule has 0 amide bonds. The minimum atomic E-state index is -0.381. The van der Waals surface area contributed by atoms with E-state index in [0.717, 1.165) is 5.56 Å². The predicted molar refractivity (Wildman–Crippen MR) is 59.5 cm³/mol. The minimum Gasteiger partial charge on any atom is -0.380 e. The van der Waals surface area contributed by atoms with E-state index in [4.69, 9.17) is 22.1 Å². The maximum absolute atomic E-state index is 13.6. The zero-order chi connectivity index (χ0) is 11.4. The summed E-state index contributed by atoms with van der Waals surface area (Å²) in [4.78, 5) is 0. The molecule has 1 rings (SSSR count). The topological polar surface area (TPSA) is 35.2 Å². The number of hydrogen-bond donors (Lipinski definition) is 1. The molecule has 1 aromatic rings. The number of methoxy groups -OCH3 is 1. The summed E-state index contributed by atoms with van der Waals surface area (Å²) in [5.74, 6) is -0.381. The first kappa shape index (κ1) is 12.4. The van der Waals surface area contributed by atoms with Crippen molar-refractivity contribution in [2.24, 2.45) is 5.73 Å². The van der Waals surface area contributed by atoms with Gasteiger partial charge in [0.2, 0.25) is 0 Å². The van der Waals surface area contributed by atoms with Crippen molar-refractivity contribution in [2.45, 2.75) is 26.0 Å². The molecule has 0 saturated heterocycles. The Kier molecular flexibility index (Phi) is 4.51. The quantitative estimate of drug-likeness (QED) is 0.864. The molecule has 84 valence electrons. The third-order valence-corrected chi connectivity index (χ3v) is 2.29. The molecule has 0 bridgehead atoms. The van der Waals surface area contributed by atoms with Crippen LogP contribution in [0, 0.1) is 5.82 Å². The molecule has 15 heavy (non-hydrogen) atoms. The zero-order valence-corrected chi connectivity index (χ0v) is 9.64. The van der Waals surface area contributed by atoms with Crippen LogP contribution in [0.3, 0.4) is 0 Å². The smallest absolute Gasteiger partial charge is 0.145 e. The van der Waals surface area contributed by atoms with Crippen molar-refractivity contribution in [3.8, 4) is 0 Å². The Bertz CT molecular complexity index is 342. The number of halogens is 2. The van der Waals surface area contributed by atoms with Gasteiger partial charge in [-0.1, -0.05) is 17.7 Å². The van der Waals surface area contributed by atoms with Gasteiger partial charge in [-0.05, 0) is 30.5 Å². The molecule has 1 aromatic carbocycles. The van der Waals surface area contributed by atoms with Gasteiger partial charge in [0.1, 0.15) is 5.82 Å². The van der Waals surface area contributed by atoms with Gasteiger partial charge in [-0.2, -0.15) is 0 Å². The molecule has 0 saturated carbocycles. The van der Waals surface area contributed by atoms with Crippen molar-refractivity contribution in [1.82, 2.24) is 0 Å². The fraction of sp³-hybridized carbons (Fsp3) is 0.455. The van der Waals surface area contributed by atoms with Gasteiger partial charge in [-0.3, -0.25) is 0 Å². The van der Waals surface area contributed by atoms with Gasteiger partial charge in [0.05, 0.1) is 11.6 Å². The van der Waals surface area contributed by atoms with E-state index in [0.29, 0.717) is 18.6 Å². The monoisotopic (exact) mass is 231 g/mol. The summed E-state index contributed by atoms with van der Waals surface area (Å²) < 4.78 is 18.5. The highest BCUT2D eigenvalue weighted by molar-refractivity contribution is 6.30. The van der Waals surface area contributed by atoms with Crippen molar-refractivity contribution in [2.75, 3.05) is 7.11 Å². The van der Waals surface area contributed by atoms with Gasteiger partial charge >= 0.3 is 0 Å². The fourth-order valence-corrected chi connectivity index (χ4v) is 1.72. The molecule has 0 aromatic heterocycles. The summed E-state index contributed by atoms with van der Waals surface area (Å²) in [5, 5.41) is 0.125. The van der Waals surface area contributed by atoms with Gasteiger partial charge in [0, 0.05) is 13.2 Å². The Hall–Kier alpha value is -0.640. The maximum atomic E-state index is 13.6. The van der Waals surface area contributed by atoms with E-state index in [1.807, 2.05) is 6.92 Å². The number of benzene rings is 1. The molecular formula is C11H15ClFNO. The Balaban J connectivity index is 3.01. The molecule has 0 aliphatic rings. The molecule has 2 N–H and O–H groups in total. The van der Waals surface area contributed by atoms with Crippen molar-refractivity contribution >= 4 is 11.6 Å². The van der Waals surface area contributed by atoms with Gasteiger partial charge in [0.15, 0.2) is 0 Å². The van der Waals surface area contributed by atoms with Crippen LogP contribution in [0.5, 0.6) is 0 Å². The van der Waals surface area contributed by atoms with Crippen molar-refractivity contribution in [3.63, 3.8) is 0 Å². The van der Waals surface area contributed by atoms with E-state index in [1.165, 1.54) is 0 Å². The van der Waals surface area contributed by atoms with Crippen LogP contribution < -0.4 is 5.73 Å². The Morgan fingerprint density at radius 1 is 1.53 bits per heavy atom. The first-order valence-electron chi connectivity index (χ1n) is 4.76. The molecule has 0 radical (unpaired) electrons. The lowest BCUT2D eigenvalue weighted by atomic mass is 10.0. The molecule has 0 spiro atoms. The van der Waals surface area contributed by atoms with E-state index >= 15 is 0 Å². The molecule has 4 heteroatoms. The van der Waals surface area contributed by atoms with E-state index in [1.54, 1.807) is 19.2 Å². The predicted octanol–water partition coefficient (Wildman–Crippen LogP) is 2.52. The van der Waals surface area contributed by atoms with Crippen molar-refractivity contribution in [3.05, 3.63) is 34.1 Å². The average Bonchev–Trinajstić information content (AvgIpc) is 2.13. The molecule has 2 nitrogen and oxygen atoms in total. The lowest BCUT2D eigenvalue weighted by Crippen LogP contribution is -2.18. The normalized spacial score (nSPS) is 12.9. The molecule has 0 aliphatic carbocycles. The van der Waals surface area contributed by atoms with Crippen LogP contribution >= 0.6 is 11.6 Å². The summed E-state index contributed by atoms with van der Waals surface area (Å²) in [5.41, 5.74) is 7.03. The highest BCUT2D eigenvalue weighted by atomic mass is 35.5. The maximum Gasteiger partial charge on any atom is 0.145 e. The molecule has 0 fully saturated rings. The van der Waals surface area contributed by atoms with Gasteiger partial charge in [-0.25, -0.2) is 4.39 Å². The van der Waals surface area contributed by atoms with Crippen LogP contribution in [0.2, 0.25) is 5.02 Å². The minimum absolute atomic E-state index is 0.0895. The van der Waals surface area contributed by atoms with Crippen molar-refractivity contribution < 1.29 is 9.13 Å². The Labute approximate surface area is 94.2 Å². The lowest BCUT2D eigenvalue weighted by Gasteiger charge is -2.10. The molecule has 0 aliphatic heterocycles. The first-order chi connectivity index (χ1) is 7.04. The van der Waals surface area contributed by atoms with Crippen LogP contribution in [0.25, 0.3) is 0 Å². The van der Waals surface area contributed by atoms with E-state index in [2.05, 4.69) is 0 Å². The first-order valence-corrected chi connectivity index (χ1v) is 5.13. The van der Waals surface area contributed by atoms with Crippen LogP contribution in [-0.2, 0) is 17.8 Å². The molecule has 1 atom stereocenters. The fourth-order valence-electron chi connectivity index (χ4n) is 1.45. The average molecular weight is 232 g/mol. The van der Waals surface area contributed by atoms with Gasteiger partial charge < -0.3 is 10.5 Å². The van der Waals surface area contributed by atoms with Crippen LogP contribution in [-0.4, -0.2) is 13.2 Å². The SMILES string of the molecule is COCc1cc(Cl)c(F)c(CC(C)N)c1. The van der Waals surface area contributed by atoms with Crippen LogP contribution in [0.4, 0.5) is 4.39 Å². The van der Waals surface area contributed by atoms with Crippen molar-refractivity contribution in [1.29, 1.82) is 0 Å². The van der Waals surface area contributed by atoms with Gasteiger partial charge in [-0.15, -0.1) is 0 Å². The number of ether oxygens (including phenoxy) is 1. The number of hydrogen-bond acceptors (Lipinski definition) is 2. The molecule has 1 unspecified atom stereocenters. The molecule has 0 heterocycles. The number of nitrogens with two attached hydrogens (primary N) is 1. The van der Waals surface area contributed by atoms with Crippen LogP contribution in [0.15, 0.2) is 12.1 Å². The summed E-state index contributed by atoms with van der Waals surface area (Å²) in [6.07, 6.45) is 0.475. The van der Waals surface area contributed by atoms with E-state index < -0.39 is 0 Å². The standard InChI is InChI=1S/C11H15ClFNO/c1-7(14)3-9-4-8(6-15-2)5-10(12)11(9)13/h4-5,7H,3,6,14H2,1-2H3. The third kappa shape index (κ3) is 3.45. The summed E-state index contributed by atoms with van der Waals surface area (Å²) >= 11 is 5.77. The second-order valence-corrected chi connectivity index (χ2v) is 4.07. The van der Waals surface area contributed by atoms with E-state index in [-0.39, 0.29) is 16.9 Å². The summed E-state index contributed by atoms with van der Waals surface area (Å²) in [6.45, 7) is 2.25. The second kappa shape index (κ2) is 5.45.